The smallest absolute Gasteiger partial charge is 0.0786 e. The molecule has 0 radical (unpaired) electrons. The van der Waals surface area contributed by atoms with Crippen LogP contribution >= 0.6 is 0 Å². The van der Waals surface area contributed by atoms with E-state index in [-0.39, 0.29) is 24.8 Å². The Morgan fingerprint density at radius 1 is 0.190 bits per heavy atom. The summed E-state index contributed by atoms with van der Waals surface area (Å²) >= 11 is 0. The maximum atomic E-state index is 2.43. The van der Waals surface area contributed by atoms with Gasteiger partial charge in [-0.3, -0.25) is 0 Å². The number of hydrogen-bond donors (Lipinski definition) is 0. The molecule has 0 atom stereocenters. The van der Waals surface area contributed by atoms with E-state index in [1.165, 1.54) is 305 Å². The summed E-state index contributed by atoms with van der Waals surface area (Å²) in [6, 6.07) is 0. The summed E-state index contributed by atoms with van der Waals surface area (Å²) in [6.07, 6.45) is 57.8. The second-order valence-corrected chi connectivity index (χ2v) is 19.6. The Hall–Kier alpha value is 0.500. The molecule has 0 aromatic carbocycles. The summed E-state index contributed by atoms with van der Waals surface area (Å²) in [5, 5.41) is 0. The van der Waals surface area contributed by atoms with E-state index in [4.69, 9.17) is 0 Å². The summed E-state index contributed by atoms with van der Waals surface area (Å²) in [4.78, 5) is 0. The second-order valence-electron chi connectivity index (χ2n) is 19.6. The molecular weight excluding hydrogens is 748 g/mol. The van der Waals surface area contributed by atoms with Crippen molar-refractivity contribution in [2.24, 2.45) is 0 Å². The highest BCUT2D eigenvalue weighted by atomic mass is 35.5. The van der Waals surface area contributed by atoms with E-state index in [2.05, 4.69) is 55.6 Å². The summed E-state index contributed by atoms with van der Waals surface area (Å²) < 4.78 is 2.72. The number of nitrogens with zero attached hydrogens (tertiary/aromatic N) is 2. The van der Waals surface area contributed by atoms with E-state index in [1.54, 1.807) is 0 Å². The molecule has 0 aliphatic heterocycles. The van der Waals surface area contributed by atoms with Gasteiger partial charge in [-0.2, -0.15) is 0 Å². The van der Waals surface area contributed by atoms with Gasteiger partial charge in [-0.1, -0.05) is 221 Å². The molecule has 0 aromatic rings. The number of halogens is 2. The molecular formula is C54H116Cl2N2. The quantitative estimate of drug-likeness (QED) is 0.0422. The average molecular weight is 864 g/mol. The van der Waals surface area contributed by atoms with Crippen LogP contribution in [-0.2, 0) is 0 Å². The highest BCUT2D eigenvalue weighted by Crippen LogP contribution is 2.21. The van der Waals surface area contributed by atoms with E-state index in [9.17, 15) is 0 Å². The van der Waals surface area contributed by atoms with Crippen LogP contribution in [0.5, 0.6) is 0 Å². The highest BCUT2D eigenvalue weighted by Gasteiger charge is 2.25. The zero-order valence-corrected chi connectivity index (χ0v) is 43.7. The minimum absolute atomic E-state index is 0. The van der Waals surface area contributed by atoms with Crippen molar-refractivity contribution in [2.45, 2.75) is 298 Å². The van der Waals surface area contributed by atoms with Crippen LogP contribution in [0, 0.1) is 0 Å². The lowest BCUT2D eigenvalue weighted by Crippen LogP contribution is -3.00. The predicted molar refractivity (Wildman–Crippen MR) is 260 cm³/mol. The fraction of sp³-hybridized carbons (Fsp3) is 1.00. The van der Waals surface area contributed by atoms with Gasteiger partial charge in [0.25, 0.3) is 0 Å². The van der Waals surface area contributed by atoms with Gasteiger partial charge >= 0.3 is 0 Å². The molecule has 0 saturated carbocycles. The van der Waals surface area contributed by atoms with Crippen molar-refractivity contribution in [1.29, 1.82) is 0 Å². The van der Waals surface area contributed by atoms with Gasteiger partial charge < -0.3 is 33.8 Å². The number of quaternary nitrogens is 2. The van der Waals surface area contributed by atoms with Crippen molar-refractivity contribution >= 4 is 0 Å². The van der Waals surface area contributed by atoms with Crippen LogP contribution in [0.25, 0.3) is 0 Å². The molecule has 0 aliphatic carbocycles. The van der Waals surface area contributed by atoms with E-state index in [0.717, 1.165) is 0 Å². The second kappa shape index (κ2) is 53.6. The van der Waals surface area contributed by atoms with Gasteiger partial charge in [0.15, 0.2) is 0 Å². The van der Waals surface area contributed by atoms with Crippen molar-refractivity contribution in [3.05, 3.63) is 0 Å². The van der Waals surface area contributed by atoms with Crippen LogP contribution in [0.15, 0.2) is 0 Å². The van der Waals surface area contributed by atoms with Gasteiger partial charge in [-0.05, 0) is 77.0 Å². The van der Waals surface area contributed by atoms with E-state index in [0.29, 0.717) is 0 Å². The Morgan fingerprint density at radius 3 is 0.500 bits per heavy atom. The lowest BCUT2D eigenvalue weighted by atomic mass is 10.0. The SMILES string of the molecule is CCCCCCCCCC[N+](C)(C)CCCCCCCCCC.CCCCCCCC[N+](CCCCCCCC)(CCCCCCCC)CCCCCCCC.[Cl-].[Cl-]. The van der Waals surface area contributed by atoms with Gasteiger partial charge in [0.05, 0.1) is 53.4 Å². The zero-order chi connectivity index (χ0) is 41.5. The van der Waals surface area contributed by atoms with Gasteiger partial charge in [-0.15, -0.1) is 0 Å². The Bertz CT molecular complexity index is 607. The lowest BCUT2D eigenvalue weighted by molar-refractivity contribution is -0.929. The minimum Gasteiger partial charge on any atom is -1.00 e. The molecule has 0 spiro atoms. The van der Waals surface area contributed by atoms with Crippen molar-refractivity contribution in [1.82, 2.24) is 0 Å². The molecule has 0 unspecified atom stereocenters. The summed E-state index contributed by atoms with van der Waals surface area (Å²) in [7, 11) is 4.87. The molecule has 356 valence electrons. The van der Waals surface area contributed by atoms with Crippen molar-refractivity contribution < 1.29 is 33.8 Å². The van der Waals surface area contributed by atoms with Gasteiger partial charge in [-0.25, -0.2) is 0 Å². The summed E-state index contributed by atoms with van der Waals surface area (Å²) in [5.41, 5.74) is 0. The normalized spacial score (nSPS) is 11.6. The van der Waals surface area contributed by atoms with Crippen LogP contribution in [-0.4, -0.2) is 62.3 Å². The molecule has 0 rings (SSSR count). The topological polar surface area (TPSA) is 0 Å². The van der Waals surface area contributed by atoms with Crippen LogP contribution in [0.1, 0.15) is 298 Å². The van der Waals surface area contributed by atoms with Crippen molar-refractivity contribution in [2.75, 3.05) is 53.4 Å². The maximum absolute atomic E-state index is 2.43. The van der Waals surface area contributed by atoms with E-state index in [1.807, 2.05) is 0 Å². The fourth-order valence-electron chi connectivity index (χ4n) is 9.04. The van der Waals surface area contributed by atoms with Crippen molar-refractivity contribution in [3.63, 3.8) is 0 Å². The minimum atomic E-state index is 0. The Kier molecular flexibility index (Phi) is 60.2. The van der Waals surface area contributed by atoms with Crippen molar-refractivity contribution in [3.8, 4) is 0 Å². The van der Waals surface area contributed by atoms with Gasteiger partial charge in [0.2, 0.25) is 0 Å². The Balaban J connectivity index is -0.000000515. The number of rotatable bonds is 46. The standard InChI is InChI=1S/C32H68N.C22H48N.2ClH/c1-5-9-13-17-21-25-29-33(30-26-22-18-14-10-6-2,31-27-23-19-15-11-7-3)32-28-24-20-16-12-8-4;1-5-7-9-11-13-15-17-19-21-23(3,4)22-20-18-16-14-12-10-8-6-2;;/h5-32H2,1-4H3;5-22H2,1-4H3;2*1H/q2*+1;;/p-2. The van der Waals surface area contributed by atoms with Crippen LogP contribution in [0.2, 0.25) is 0 Å². The molecule has 0 saturated heterocycles. The predicted octanol–water partition coefficient (Wildman–Crippen LogP) is 12.6. The third kappa shape index (κ3) is 50.9. The summed E-state index contributed by atoms with van der Waals surface area (Å²) in [5.74, 6) is 0. The molecule has 2 nitrogen and oxygen atoms in total. The Morgan fingerprint density at radius 2 is 0.328 bits per heavy atom. The molecule has 0 bridgehead atoms. The zero-order valence-electron chi connectivity index (χ0n) is 42.2. The maximum Gasteiger partial charge on any atom is 0.0786 e. The molecule has 0 heterocycles. The third-order valence-corrected chi connectivity index (χ3v) is 13.2. The number of unbranched alkanes of at least 4 members (excludes halogenated alkanes) is 34. The van der Waals surface area contributed by atoms with Gasteiger partial charge in [0.1, 0.15) is 0 Å². The van der Waals surface area contributed by atoms with Crippen LogP contribution in [0.4, 0.5) is 0 Å². The first kappa shape index (κ1) is 65.1. The van der Waals surface area contributed by atoms with Crippen LogP contribution < -0.4 is 24.8 Å². The molecule has 0 aliphatic rings. The first-order valence-corrected chi connectivity index (χ1v) is 27.0. The molecule has 0 fully saturated rings. The fourth-order valence-corrected chi connectivity index (χ4v) is 9.04. The van der Waals surface area contributed by atoms with E-state index < -0.39 is 0 Å². The van der Waals surface area contributed by atoms with Crippen LogP contribution in [0.3, 0.4) is 0 Å². The average Bonchev–Trinajstić information content (AvgIpc) is 3.19. The molecule has 0 aromatic heterocycles. The third-order valence-electron chi connectivity index (χ3n) is 13.2. The molecule has 58 heavy (non-hydrogen) atoms. The largest absolute Gasteiger partial charge is 1.00 e. The summed E-state index contributed by atoms with van der Waals surface area (Å²) in [6.45, 7) is 22.6. The lowest BCUT2D eigenvalue weighted by Gasteiger charge is -2.40. The molecule has 4 heteroatoms. The van der Waals surface area contributed by atoms with E-state index >= 15 is 0 Å². The first-order valence-electron chi connectivity index (χ1n) is 27.0. The van der Waals surface area contributed by atoms with Gasteiger partial charge in [0, 0.05) is 0 Å². The monoisotopic (exact) mass is 863 g/mol. The molecule has 0 N–H and O–H groups in total. The first-order chi connectivity index (χ1) is 27.4. The highest BCUT2D eigenvalue weighted by molar-refractivity contribution is 4.55. The number of hydrogen-bond acceptors (Lipinski definition) is 0. The Labute approximate surface area is 383 Å². The molecule has 0 amide bonds.